The number of hydrogen-bond acceptors (Lipinski definition) is 6. The molecule has 0 saturated carbocycles. The van der Waals surface area contributed by atoms with Crippen molar-refractivity contribution >= 4 is 15.7 Å². The standard InChI is InChI=1S/C9H15N5O3S/c1-6(9-11-13-14-12-9)10-8(15)4-7-2-3-18(16,17)5-7/h6-7H,2-5H2,1H3,(H,10,15)(H,11,12,13,14). The highest BCUT2D eigenvalue weighted by molar-refractivity contribution is 7.91. The maximum Gasteiger partial charge on any atom is 0.220 e. The summed E-state index contributed by atoms with van der Waals surface area (Å²) in [5.41, 5.74) is 0. The van der Waals surface area contributed by atoms with Gasteiger partial charge in [-0.2, -0.15) is 5.21 Å². The van der Waals surface area contributed by atoms with E-state index in [4.69, 9.17) is 0 Å². The third kappa shape index (κ3) is 3.25. The van der Waals surface area contributed by atoms with Crippen molar-refractivity contribution in [1.82, 2.24) is 25.9 Å². The number of amides is 1. The number of hydrogen-bond donors (Lipinski definition) is 2. The van der Waals surface area contributed by atoms with Crippen LogP contribution in [-0.4, -0.2) is 46.5 Å². The molecule has 2 atom stereocenters. The fourth-order valence-electron chi connectivity index (χ4n) is 2.01. The van der Waals surface area contributed by atoms with Gasteiger partial charge in [0, 0.05) is 6.42 Å². The Kier molecular flexibility index (Phi) is 3.60. The van der Waals surface area contributed by atoms with Crippen LogP contribution in [0.5, 0.6) is 0 Å². The predicted octanol–water partition coefficient (Wildman–Crippen LogP) is -0.798. The topological polar surface area (TPSA) is 118 Å². The minimum atomic E-state index is -2.93. The third-order valence-electron chi connectivity index (χ3n) is 2.93. The van der Waals surface area contributed by atoms with Gasteiger partial charge in [0.2, 0.25) is 5.91 Å². The summed E-state index contributed by atoms with van der Waals surface area (Å²) >= 11 is 0. The van der Waals surface area contributed by atoms with Crippen LogP contribution in [0.2, 0.25) is 0 Å². The molecule has 9 heteroatoms. The van der Waals surface area contributed by atoms with E-state index in [2.05, 4.69) is 25.9 Å². The monoisotopic (exact) mass is 273 g/mol. The van der Waals surface area contributed by atoms with Crippen LogP contribution >= 0.6 is 0 Å². The quantitative estimate of drug-likeness (QED) is 0.741. The van der Waals surface area contributed by atoms with Gasteiger partial charge in [-0.15, -0.1) is 10.2 Å². The van der Waals surface area contributed by atoms with Gasteiger partial charge in [-0.3, -0.25) is 4.79 Å². The summed E-state index contributed by atoms with van der Waals surface area (Å²) in [6, 6.07) is -0.339. The summed E-state index contributed by atoms with van der Waals surface area (Å²) < 4.78 is 22.5. The molecule has 2 unspecified atom stereocenters. The Bertz CT molecular complexity index is 512. The van der Waals surface area contributed by atoms with Gasteiger partial charge in [-0.25, -0.2) is 8.42 Å². The molecule has 0 bridgehead atoms. The molecule has 0 radical (unpaired) electrons. The second-order valence-corrected chi connectivity index (χ2v) is 6.76. The molecule has 1 aliphatic heterocycles. The third-order valence-corrected chi connectivity index (χ3v) is 4.76. The van der Waals surface area contributed by atoms with E-state index in [0.717, 1.165) is 0 Å². The van der Waals surface area contributed by atoms with Crippen molar-refractivity contribution in [3.63, 3.8) is 0 Å². The van der Waals surface area contributed by atoms with Crippen molar-refractivity contribution in [3.05, 3.63) is 5.82 Å². The molecule has 2 heterocycles. The van der Waals surface area contributed by atoms with Gasteiger partial charge >= 0.3 is 0 Å². The van der Waals surface area contributed by atoms with Crippen LogP contribution in [0.3, 0.4) is 0 Å². The molecular weight excluding hydrogens is 258 g/mol. The molecule has 0 spiro atoms. The lowest BCUT2D eigenvalue weighted by atomic mass is 10.0. The Balaban J connectivity index is 1.83. The Labute approximate surface area is 104 Å². The first-order valence-corrected chi connectivity index (χ1v) is 7.51. The average molecular weight is 273 g/mol. The molecule has 1 aromatic rings. The number of carbonyl (C=O) groups excluding carboxylic acids is 1. The van der Waals surface area contributed by atoms with E-state index in [1.807, 2.05) is 0 Å². The van der Waals surface area contributed by atoms with Gasteiger partial charge in [0.1, 0.15) is 0 Å². The van der Waals surface area contributed by atoms with Crippen LogP contribution in [0, 0.1) is 5.92 Å². The maximum absolute atomic E-state index is 11.7. The summed E-state index contributed by atoms with van der Waals surface area (Å²) in [6.45, 7) is 1.74. The van der Waals surface area contributed by atoms with Crippen LogP contribution in [0.4, 0.5) is 0 Å². The van der Waals surface area contributed by atoms with E-state index in [9.17, 15) is 13.2 Å². The molecule has 8 nitrogen and oxygen atoms in total. The number of carbonyl (C=O) groups is 1. The summed E-state index contributed by atoms with van der Waals surface area (Å²) in [7, 11) is -2.93. The number of aromatic nitrogens is 4. The van der Waals surface area contributed by atoms with Crippen LogP contribution in [-0.2, 0) is 14.6 Å². The van der Waals surface area contributed by atoms with E-state index < -0.39 is 9.84 Å². The van der Waals surface area contributed by atoms with Gasteiger partial charge in [-0.05, 0) is 19.3 Å². The minimum absolute atomic E-state index is 0.0764. The first-order valence-electron chi connectivity index (χ1n) is 5.69. The molecule has 2 rings (SSSR count). The highest BCUT2D eigenvalue weighted by Crippen LogP contribution is 2.21. The Morgan fingerprint density at radius 3 is 2.94 bits per heavy atom. The van der Waals surface area contributed by atoms with Crippen molar-refractivity contribution < 1.29 is 13.2 Å². The molecule has 0 aliphatic carbocycles. The number of tetrazole rings is 1. The van der Waals surface area contributed by atoms with Crippen molar-refractivity contribution in [3.8, 4) is 0 Å². The first kappa shape index (κ1) is 12.9. The Morgan fingerprint density at radius 2 is 2.39 bits per heavy atom. The number of sulfone groups is 1. The fraction of sp³-hybridized carbons (Fsp3) is 0.778. The van der Waals surface area contributed by atoms with Crippen molar-refractivity contribution in [2.75, 3.05) is 11.5 Å². The smallest absolute Gasteiger partial charge is 0.220 e. The van der Waals surface area contributed by atoms with Gasteiger partial charge in [-0.1, -0.05) is 5.21 Å². The van der Waals surface area contributed by atoms with Gasteiger partial charge < -0.3 is 5.32 Å². The molecule has 100 valence electrons. The number of H-pyrrole nitrogens is 1. The molecule has 1 amide bonds. The largest absolute Gasteiger partial charge is 0.346 e. The lowest BCUT2D eigenvalue weighted by Crippen LogP contribution is -2.29. The lowest BCUT2D eigenvalue weighted by Gasteiger charge is -2.12. The highest BCUT2D eigenvalue weighted by atomic mass is 32.2. The number of rotatable bonds is 4. The van der Waals surface area contributed by atoms with Crippen LogP contribution in [0.25, 0.3) is 0 Å². The summed E-state index contributed by atoms with van der Waals surface area (Å²) in [4.78, 5) is 11.7. The molecule has 1 fully saturated rings. The van der Waals surface area contributed by atoms with Crippen molar-refractivity contribution in [1.29, 1.82) is 0 Å². The second kappa shape index (κ2) is 5.01. The molecule has 2 N–H and O–H groups in total. The zero-order valence-electron chi connectivity index (χ0n) is 9.96. The van der Waals surface area contributed by atoms with Gasteiger partial charge in [0.15, 0.2) is 15.7 Å². The average Bonchev–Trinajstić information content (AvgIpc) is 2.87. The molecule has 0 aromatic carbocycles. The molecular formula is C9H15N5O3S. The number of nitrogens with zero attached hydrogens (tertiary/aromatic N) is 3. The van der Waals surface area contributed by atoms with Crippen LogP contribution in [0.1, 0.15) is 31.6 Å². The van der Waals surface area contributed by atoms with Crippen LogP contribution in [0.15, 0.2) is 0 Å². The molecule has 1 aromatic heterocycles. The summed E-state index contributed by atoms with van der Waals surface area (Å²) in [5.74, 6) is 0.437. The van der Waals surface area contributed by atoms with E-state index in [-0.39, 0.29) is 35.8 Å². The molecule has 1 saturated heterocycles. The molecule has 1 aliphatic rings. The second-order valence-electron chi connectivity index (χ2n) is 4.53. The van der Waals surface area contributed by atoms with E-state index in [0.29, 0.717) is 12.2 Å². The zero-order chi connectivity index (χ0) is 13.2. The summed E-state index contributed by atoms with van der Waals surface area (Å²) in [6.07, 6.45) is 0.785. The minimum Gasteiger partial charge on any atom is -0.346 e. The van der Waals surface area contributed by atoms with E-state index in [1.54, 1.807) is 6.92 Å². The van der Waals surface area contributed by atoms with E-state index in [1.165, 1.54) is 0 Å². The Hall–Kier alpha value is -1.51. The normalized spacial score (nSPS) is 23.7. The van der Waals surface area contributed by atoms with E-state index >= 15 is 0 Å². The Morgan fingerprint density at radius 1 is 1.61 bits per heavy atom. The highest BCUT2D eigenvalue weighted by Gasteiger charge is 2.29. The number of nitrogens with one attached hydrogen (secondary N) is 2. The fourth-order valence-corrected chi connectivity index (χ4v) is 3.87. The van der Waals surface area contributed by atoms with Gasteiger partial charge in [0.25, 0.3) is 0 Å². The maximum atomic E-state index is 11.7. The molecule has 18 heavy (non-hydrogen) atoms. The first-order chi connectivity index (χ1) is 8.46. The van der Waals surface area contributed by atoms with Crippen LogP contribution < -0.4 is 5.32 Å². The SMILES string of the molecule is CC(NC(=O)CC1CCS(=O)(=O)C1)c1nn[nH]n1. The summed E-state index contributed by atoms with van der Waals surface area (Å²) in [5, 5.41) is 16.0. The van der Waals surface area contributed by atoms with Crippen molar-refractivity contribution in [2.24, 2.45) is 5.92 Å². The zero-order valence-corrected chi connectivity index (χ0v) is 10.8. The van der Waals surface area contributed by atoms with Crippen molar-refractivity contribution in [2.45, 2.75) is 25.8 Å². The lowest BCUT2D eigenvalue weighted by molar-refractivity contribution is -0.122. The number of aromatic amines is 1. The van der Waals surface area contributed by atoms with Gasteiger partial charge in [0.05, 0.1) is 17.5 Å². The predicted molar refractivity (Wildman–Crippen MR) is 62.1 cm³/mol.